The Morgan fingerprint density at radius 3 is 2.34 bits per heavy atom. The van der Waals surface area contributed by atoms with Crippen LogP contribution in [0.15, 0.2) is 42.5 Å². The number of nitrogen functional groups attached to an aromatic ring is 1. The lowest BCUT2D eigenvalue weighted by Gasteiger charge is -2.32. The van der Waals surface area contributed by atoms with Crippen molar-refractivity contribution >= 4 is 40.6 Å². The second kappa shape index (κ2) is 12.4. The zero-order valence-electron chi connectivity index (χ0n) is 21.5. The van der Waals surface area contributed by atoms with Crippen LogP contribution in [-0.4, -0.2) is 42.9 Å². The van der Waals surface area contributed by atoms with Gasteiger partial charge in [-0.15, -0.1) is 0 Å². The first-order valence-electron chi connectivity index (χ1n) is 11.7. The van der Waals surface area contributed by atoms with Crippen LogP contribution in [0.1, 0.15) is 52.0 Å². The molecule has 0 radical (unpaired) electrons. The molecule has 0 saturated heterocycles. The van der Waals surface area contributed by atoms with E-state index in [2.05, 4.69) is 9.69 Å². The van der Waals surface area contributed by atoms with Crippen LogP contribution in [0.2, 0.25) is 0 Å². The van der Waals surface area contributed by atoms with Crippen LogP contribution >= 0.6 is 11.5 Å². The Labute approximate surface area is 223 Å². The number of amides is 3. The summed E-state index contributed by atoms with van der Waals surface area (Å²) in [6, 6.07) is 8.68. The van der Waals surface area contributed by atoms with Crippen LogP contribution in [0.5, 0.6) is 11.5 Å². The summed E-state index contributed by atoms with van der Waals surface area (Å²) in [5.41, 5.74) is 11.5. The molecule has 38 heavy (non-hydrogen) atoms. The standard InChI is InChI=1S/C26H30FN5O5S/c1-14(2)11-12-30-25(34)22(15-5-7-16(27)8-6-15)32(18-10-9-17(36-3)13-19(18)37-4)26(35)23-20(28)21(24(29)33)31-38-23/h5-10,13-14,22H,11-12,28H2,1-4H3,(H2,29,33)(H,30,34)/t22-/m1/s1. The summed E-state index contributed by atoms with van der Waals surface area (Å²) in [5.74, 6) is -1.66. The van der Waals surface area contributed by atoms with Gasteiger partial charge in [0.2, 0.25) is 5.91 Å². The second-order valence-corrected chi connectivity index (χ2v) is 9.55. The molecule has 5 N–H and O–H groups in total. The number of benzene rings is 2. The van der Waals surface area contributed by atoms with Gasteiger partial charge in [-0.25, -0.2) is 4.39 Å². The average Bonchev–Trinajstić information content (AvgIpc) is 3.28. The van der Waals surface area contributed by atoms with Crippen LogP contribution < -0.4 is 31.2 Å². The molecular formula is C26H30FN5O5S. The molecule has 202 valence electrons. The Morgan fingerprint density at radius 1 is 1.11 bits per heavy atom. The molecule has 10 nitrogen and oxygen atoms in total. The number of nitrogens with two attached hydrogens (primary N) is 2. The third kappa shape index (κ3) is 6.20. The number of rotatable bonds is 11. The molecule has 1 atom stereocenters. The maximum Gasteiger partial charge on any atom is 0.273 e. The second-order valence-electron chi connectivity index (χ2n) is 8.78. The number of carbonyl (C=O) groups excluding carboxylic acids is 3. The predicted molar refractivity (Wildman–Crippen MR) is 143 cm³/mol. The highest BCUT2D eigenvalue weighted by Crippen LogP contribution is 2.39. The first kappa shape index (κ1) is 28.4. The predicted octanol–water partition coefficient (Wildman–Crippen LogP) is 3.53. The van der Waals surface area contributed by atoms with E-state index in [9.17, 15) is 18.8 Å². The zero-order chi connectivity index (χ0) is 28.0. The van der Waals surface area contributed by atoms with Crippen molar-refractivity contribution in [2.24, 2.45) is 11.7 Å². The summed E-state index contributed by atoms with van der Waals surface area (Å²) in [7, 11) is 2.88. The SMILES string of the molecule is COc1ccc(N(C(=O)c2snc(C(N)=O)c2N)[C@@H](C(=O)NCCC(C)C)c2ccc(F)cc2)c(OC)c1. The van der Waals surface area contributed by atoms with Crippen molar-refractivity contribution in [3.05, 3.63) is 64.4 Å². The van der Waals surface area contributed by atoms with E-state index in [1.54, 1.807) is 18.2 Å². The van der Waals surface area contributed by atoms with Gasteiger partial charge in [0.05, 0.1) is 25.6 Å². The molecule has 0 spiro atoms. The minimum atomic E-state index is -1.27. The van der Waals surface area contributed by atoms with E-state index in [0.717, 1.165) is 0 Å². The number of carbonyl (C=O) groups is 3. The normalized spacial score (nSPS) is 11.6. The van der Waals surface area contributed by atoms with Crippen molar-refractivity contribution in [2.45, 2.75) is 26.3 Å². The maximum absolute atomic E-state index is 14.1. The first-order chi connectivity index (χ1) is 18.1. The Bertz CT molecular complexity index is 1310. The molecule has 2 aromatic carbocycles. The summed E-state index contributed by atoms with van der Waals surface area (Å²) in [5, 5.41) is 2.87. The molecule has 0 aliphatic carbocycles. The molecule has 12 heteroatoms. The Kier molecular flexibility index (Phi) is 9.24. The summed E-state index contributed by atoms with van der Waals surface area (Å²) >= 11 is 0.681. The number of halogens is 1. The smallest absolute Gasteiger partial charge is 0.273 e. The van der Waals surface area contributed by atoms with Gasteiger partial charge in [-0.2, -0.15) is 4.37 Å². The lowest BCUT2D eigenvalue weighted by molar-refractivity contribution is -0.122. The van der Waals surface area contributed by atoms with Crippen LogP contribution in [0.25, 0.3) is 0 Å². The summed E-state index contributed by atoms with van der Waals surface area (Å²) in [6.45, 7) is 4.39. The Balaban J connectivity index is 2.24. The maximum atomic E-state index is 14.1. The van der Waals surface area contributed by atoms with Gasteiger partial charge in [-0.1, -0.05) is 26.0 Å². The molecule has 3 rings (SSSR count). The summed E-state index contributed by atoms with van der Waals surface area (Å²) < 4.78 is 28.6. The number of ether oxygens (including phenoxy) is 2. The highest BCUT2D eigenvalue weighted by Gasteiger charge is 2.37. The molecular weight excluding hydrogens is 513 g/mol. The van der Waals surface area contributed by atoms with E-state index in [1.807, 2.05) is 13.8 Å². The summed E-state index contributed by atoms with van der Waals surface area (Å²) in [6.07, 6.45) is 0.700. The van der Waals surface area contributed by atoms with Gasteiger partial charge in [0.25, 0.3) is 11.8 Å². The number of anilines is 2. The third-order valence-corrected chi connectivity index (χ3v) is 6.59. The molecule has 1 aromatic heterocycles. The van der Waals surface area contributed by atoms with E-state index in [4.69, 9.17) is 20.9 Å². The van der Waals surface area contributed by atoms with Gasteiger partial charge in [0.1, 0.15) is 28.2 Å². The van der Waals surface area contributed by atoms with Crippen molar-refractivity contribution in [2.75, 3.05) is 31.4 Å². The van der Waals surface area contributed by atoms with Crippen LogP contribution in [0, 0.1) is 11.7 Å². The van der Waals surface area contributed by atoms with Crippen molar-refractivity contribution in [3.63, 3.8) is 0 Å². The Hall–Kier alpha value is -4.19. The molecule has 0 fully saturated rings. The number of methoxy groups -OCH3 is 2. The fraction of sp³-hybridized carbons (Fsp3) is 0.308. The van der Waals surface area contributed by atoms with E-state index in [-0.39, 0.29) is 27.7 Å². The molecule has 3 amide bonds. The zero-order valence-corrected chi connectivity index (χ0v) is 22.3. The lowest BCUT2D eigenvalue weighted by atomic mass is 10.0. The quantitative estimate of drug-likeness (QED) is 0.335. The largest absolute Gasteiger partial charge is 0.497 e. The number of nitrogens with zero attached hydrogens (tertiary/aromatic N) is 2. The van der Waals surface area contributed by atoms with E-state index >= 15 is 0 Å². The van der Waals surface area contributed by atoms with Gasteiger partial charge in [-0.05, 0) is 53.7 Å². The fourth-order valence-electron chi connectivity index (χ4n) is 3.73. The molecule has 0 aliphatic rings. The molecule has 0 bridgehead atoms. The van der Waals surface area contributed by atoms with Crippen LogP contribution in [0.3, 0.4) is 0 Å². The molecule has 1 heterocycles. The van der Waals surface area contributed by atoms with Gasteiger partial charge in [-0.3, -0.25) is 19.3 Å². The minimum Gasteiger partial charge on any atom is -0.497 e. The van der Waals surface area contributed by atoms with Crippen molar-refractivity contribution in [1.29, 1.82) is 0 Å². The molecule has 0 aliphatic heterocycles. The van der Waals surface area contributed by atoms with Crippen molar-refractivity contribution < 1.29 is 28.2 Å². The number of aromatic nitrogens is 1. The fourth-order valence-corrected chi connectivity index (χ4v) is 4.47. The van der Waals surface area contributed by atoms with Gasteiger partial charge in [0, 0.05) is 12.6 Å². The first-order valence-corrected chi connectivity index (χ1v) is 12.5. The summed E-state index contributed by atoms with van der Waals surface area (Å²) in [4.78, 5) is 40.7. The van der Waals surface area contributed by atoms with Crippen molar-refractivity contribution in [3.8, 4) is 11.5 Å². The third-order valence-electron chi connectivity index (χ3n) is 5.73. The molecule has 0 unspecified atom stereocenters. The van der Waals surface area contributed by atoms with Crippen LogP contribution in [-0.2, 0) is 4.79 Å². The van der Waals surface area contributed by atoms with E-state index < -0.39 is 29.6 Å². The molecule has 3 aromatic rings. The molecule has 0 saturated carbocycles. The highest BCUT2D eigenvalue weighted by molar-refractivity contribution is 7.09. The number of primary amides is 1. The van der Waals surface area contributed by atoms with Crippen LogP contribution in [0.4, 0.5) is 15.8 Å². The van der Waals surface area contributed by atoms with E-state index in [0.29, 0.717) is 41.7 Å². The topological polar surface area (TPSA) is 150 Å². The minimum absolute atomic E-state index is 0.0984. The Morgan fingerprint density at radius 2 is 1.79 bits per heavy atom. The average molecular weight is 544 g/mol. The monoisotopic (exact) mass is 543 g/mol. The number of hydrogen-bond acceptors (Lipinski definition) is 8. The van der Waals surface area contributed by atoms with E-state index in [1.165, 1.54) is 43.4 Å². The van der Waals surface area contributed by atoms with Gasteiger partial charge < -0.3 is 26.3 Å². The lowest BCUT2D eigenvalue weighted by Crippen LogP contribution is -2.44. The van der Waals surface area contributed by atoms with Gasteiger partial charge in [0.15, 0.2) is 5.69 Å². The number of nitrogens with one attached hydrogen (secondary N) is 1. The van der Waals surface area contributed by atoms with Gasteiger partial charge >= 0.3 is 0 Å². The van der Waals surface area contributed by atoms with Crippen molar-refractivity contribution in [1.82, 2.24) is 9.69 Å². The highest BCUT2D eigenvalue weighted by atomic mass is 32.1. The number of hydrogen-bond donors (Lipinski definition) is 3.